The number of carbonyl (C=O) groups is 1. The molecule has 0 unspecified atom stereocenters. The van der Waals surface area contributed by atoms with Crippen LogP contribution in [-0.4, -0.2) is 19.4 Å². The summed E-state index contributed by atoms with van der Waals surface area (Å²) < 4.78 is 5.21. The van der Waals surface area contributed by atoms with Crippen molar-refractivity contribution in [1.29, 1.82) is 0 Å². The number of methoxy groups -OCH3 is 1. The molecule has 0 amide bonds. The van der Waals surface area contributed by atoms with Crippen LogP contribution in [0.25, 0.3) is 0 Å². The van der Waals surface area contributed by atoms with Crippen LogP contribution in [0.3, 0.4) is 0 Å². The maximum atomic E-state index is 12.1. The Labute approximate surface area is 118 Å². The summed E-state index contributed by atoms with van der Waals surface area (Å²) >= 11 is 0. The number of carbonyl (C=O) groups excluding carboxylic acids is 1. The molecule has 3 heteroatoms. The Morgan fingerprint density at radius 1 is 1.15 bits per heavy atom. The van der Waals surface area contributed by atoms with Crippen LogP contribution >= 0.6 is 0 Å². The molecule has 1 aliphatic rings. The van der Waals surface area contributed by atoms with E-state index >= 15 is 0 Å². The van der Waals surface area contributed by atoms with Crippen molar-refractivity contribution in [3.05, 3.63) is 59.7 Å². The van der Waals surface area contributed by atoms with Gasteiger partial charge in [-0.05, 0) is 23.8 Å². The van der Waals surface area contributed by atoms with Gasteiger partial charge >= 0.3 is 0 Å². The van der Waals surface area contributed by atoms with Crippen molar-refractivity contribution < 1.29 is 9.53 Å². The number of hydrogen-bond acceptors (Lipinski definition) is 3. The van der Waals surface area contributed by atoms with Crippen molar-refractivity contribution in [2.24, 2.45) is 0 Å². The largest absolute Gasteiger partial charge is 0.497 e. The fourth-order valence-corrected chi connectivity index (χ4v) is 2.60. The number of hydrogen-bond donors (Lipinski definition) is 0. The van der Waals surface area contributed by atoms with Crippen molar-refractivity contribution in [1.82, 2.24) is 0 Å². The fraction of sp³-hybridized carbons (Fsp3) is 0.235. The molecule has 2 aromatic rings. The highest BCUT2D eigenvalue weighted by Crippen LogP contribution is 2.31. The molecule has 1 aliphatic heterocycles. The van der Waals surface area contributed by atoms with E-state index in [2.05, 4.69) is 17.0 Å². The van der Waals surface area contributed by atoms with Gasteiger partial charge in [-0.3, -0.25) is 4.79 Å². The second-order valence-electron chi connectivity index (χ2n) is 4.96. The predicted molar refractivity (Wildman–Crippen MR) is 79.4 cm³/mol. The van der Waals surface area contributed by atoms with E-state index in [0.717, 1.165) is 30.1 Å². The van der Waals surface area contributed by atoms with E-state index in [1.165, 1.54) is 5.56 Å². The summed E-state index contributed by atoms with van der Waals surface area (Å²) in [5.41, 5.74) is 3.03. The molecule has 0 spiro atoms. The SMILES string of the molecule is COc1ccc2c(c1)C(=O)CCN2Cc1ccccc1. The molecule has 0 bridgehead atoms. The molecule has 102 valence electrons. The predicted octanol–water partition coefficient (Wildman–Crippen LogP) is 3.29. The van der Waals surface area contributed by atoms with Gasteiger partial charge in [0.15, 0.2) is 5.78 Å². The quantitative estimate of drug-likeness (QED) is 0.854. The Balaban J connectivity index is 1.92. The van der Waals surface area contributed by atoms with E-state index in [9.17, 15) is 4.79 Å². The van der Waals surface area contributed by atoms with Crippen molar-refractivity contribution in [3.8, 4) is 5.75 Å². The van der Waals surface area contributed by atoms with E-state index in [1.54, 1.807) is 7.11 Å². The third kappa shape index (κ3) is 2.39. The monoisotopic (exact) mass is 267 g/mol. The van der Waals surface area contributed by atoms with Crippen molar-refractivity contribution >= 4 is 11.5 Å². The first kappa shape index (κ1) is 12.7. The minimum Gasteiger partial charge on any atom is -0.497 e. The van der Waals surface area contributed by atoms with Crippen LogP contribution in [-0.2, 0) is 6.54 Å². The molecule has 0 atom stereocenters. The van der Waals surface area contributed by atoms with Crippen LogP contribution in [0.15, 0.2) is 48.5 Å². The Bertz CT molecular complexity index is 622. The Morgan fingerprint density at radius 2 is 1.95 bits per heavy atom. The average molecular weight is 267 g/mol. The van der Waals surface area contributed by atoms with Crippen LogP contribution in [0.2, 0.25) is 0 Å². The standard InChI is InChI=1S/C17H17NO2/c1-20-14-7-8-16-15(11-14)17(19)9-10-18(16)12-13-5-3-2-4-6-13/h2-8,11H,9-10,12H2,1H3. The zero-order chi connectivity index (χ0) is 13.9. The van der Waals surface area contributed by atoms with Gasteiger partial charge < -0.3 is 9.64 Å². The first-order chi connectivity index (χ1) is 9.78. The summed E-state index contributed by atoms with van der Waals surface area (Å²) in [7, 11) is 1.62. The second-order valence-corrected chi connectivity index (χ2v) is 4.96. The van der Waals surface area contributed by atoms with Gasteiger partial charge in [0, 0.05) is 30.8 Å². The highest BCUT2D eigenvalue weighted by Gasteiger charge is 2.23. The molecule has 20 heavy (non-hydrogen) atoms. The van der Waals surface area contributed by atoms with Crippen LogP contribution < -0.4 is 9.64 Å². The highest BCUT2D eigenvalue weighted by molar-refractivity contribution is 6.03. The van der Waals surface area contributed by atoms with Crippen LogP contribution in [0.5, 0.6) is 5.75 Å². The van der Waals surface area contributed by atoms with E-state index in [1.807, 2.05) is 36.4 Å². The first-order valence-corrected chi connectivity index (χ1v) is 6.78. The number of fused-ring (bicyclic) bond motifs is 1. The first-order valence-electron chi connectivity index (χ1n) is 6.78. The van der Waals surface area contributed by atoms with Crippen LogP contribution in [0.4, 0.5) is 5.69 Å². The summed E-state index contributed by atoms with van der Waals surface area (Å²) in [6.07, 6.45) is 0.563. The smallest absolute Gasteiger partial charge is 0.166 e. The van der Waals surface area contributed by atoms with Gasteiger partial charge in [-0.2, -0.15) is 0 Å². The lowest BCUT2D eigenvalue weighted by Crippen LogP contribution is -2.31. The number of nitrogens with zero attached hydrogens (tertiary/aromatic N) is 1. The molecule has 0 aromatic heterocycles. The number of ether oxygens (including phenoxy) is 1. The normalized spacial score (nSPS) is 14.1. The second kappa shape index (κ2) is 5.37. The molecule has 3 rings (SSSR count). The van der Waals surface area contributed by atoms with Gasteiger partial charge in [-0.1, -0.05) is 30.3 Å². The number of benzene rings is 2. The van der Waals surface area contributed by atoms with Crippen molar-refractivity contribution in [2.45, 2.75) is 13.0 Å². The van der Waals surface area contributed by atoms with Crippen LogP contribution in [0, 0.1) is 0 Å². The number of anilines is 1. The maximum Gasteiger partial charge on any atom is 0.166 e. The minimum atomic E-state index is 0.197. The molecule has 0 saturated carbocycles. The molecule has 0 fully saturated rings. The van der Waals surface area contributed by atoms with E-state index in [4.69, 9.17) is 4.74 Å². The van der Waals surface area contributed by atoms with E-state index in [0.29, 0.717) is 6.42 Å². The van der Waals surface area contributed by atoms with Gasteiger partial charge in [0.25, 0.3) is 0 Å². The molecule has 0 aliphatic carbocycles. The third-order valence-corrected chi connectivity index (χ3v) is 3.67. The third-order valence-electron chi connectivity index (χ3n) is 3.67. The zero-order valence-electron chi connectivity index (χ0n) is 11.5. The Kier molecular flexibility index (Phi) is 3.42. The lowest BCUT2D eigenvalue weighted by molar-refractivity contribution is 0.0979. The summed E-state index contributed by atoms with van der Waals surface area (Å²) in [5.74, 6) is 0.932. The number of rotatable bonds is 3. The summed E-state index contributed by atoms with van der Waals surface area (Å²) in [6.45, 7) is 1.60. The van der Waals surface area contributed by atoms with Gasteiger partial charge in [0.05, 0.1) is 7.11 Å². The van der Waals surface area contributed by atoms with Gasteiger partial charge in [-0.25, -0.2) is 0 Å². The highest BCUT2D eigenvalue weighted by atomic mass is 16.5. The van der Waals surface area contributed by atoms with Gasteiger partial charge in [0.2, 0.25) is 0 Å². The molecule has 2 aromatic carbocycles. The van der Waals surface area contributed by atoms with Crippen molar-refractivity contribution in [3.63, 3.8) is 0 Å². The zero-order valence-corrected chi connectivity index (χ0v) is 11.5. The lowest BCUT2D eigenvalue weighted by atomic mass is 9.99. The molecule has 0 radical (unpaired) electrons. The molecule has 0 N–H and O–H groups in total. The summed E-state index contributed by atoms with van der Waals surface area (Å²) in [4.78, 5) is 14.3. The van der Waals surface area contributed by atoms with Gasteiger partial charge in [0.1, 0.15) is 5.75 Å². The number of Topliss-reactive ketones (excluding diaryl/α,β-unsaturated/α-hetero) is 1. The molecular formula is C17H17NO2. The number of ketones is 1. The average Bonchev–Trinajstić information content (AvgIpc) is 2.51. The van der Waals surface area contributed by atoms with Crippen LogP contribution in [0.1, 0.15) is 22.3 Å². The molecular weight excluding hydrogens is 250 g/mol. The summed E-state index contributed by atoms with van der Waals surface area (Å²) in [5, 5.41) is 0. The Morgan fingerprint density at radius 3 is 2.70 bits per heavy atom. The van der Waals surface area contributed by atoms with Crippen molar-refractivity contribution in [2.75, 3.05) is 18.6 Å². The molecule has 1 heterocycles. The van der Waals surface area contributed by atoms with E-state index in [-0.39, 0.29) is 5.78 Å². The fourth-order valence-electron chi connectivity index (χ4n) is 2.60. The lowest BCUT2D eigenvalue weighted by Gasteiger charge is -2.30. The maximum absolute atomic E-state index is 12.1. The topological polar surface area (TPSA) is 29.5 Å². The molecule has 3 nitrogen and oxygen atoms in total. The summed E-state index contributed by atoms with van der Waals surface area (Å²) in [6, 6.07) is 16.1. The van der Waals surface area contributed by atoms with Gasteiger partial charge in [-0.15, -0.1) is 0 Å². The molecule has 0 saturated heterocycles. The minimum absolute atomic E-state index is 0.197. The van der Waals surface area contributed by atoms with E-state index < -0.39 is 0 Å². The Hall–Kier alpha value is -2.29.